The first-order valence-corrected chi connectivity index (χ1v) is 5.83. The average Bonchev–Trinajstić information content (AvgIpc) is 2.38. The second-order valence-electron chi connectivity index (χ2n) is 4.25. The monoisotopic (exact) mass is 235 g/mol. The number of aryl methyl sites for hydroxylation is 1. The van der Waals surface area contributed by atoms with Gasteiger partial charge in [0.25, 0.3) is 0 Å². The van der Waals surface area contributed by atoms with E-state index in [-0.39, 0.29) is 11.9 Å². The van der Waals surface area contributed by atoms with Crippen LogP contribution in [0.4, 0.5) is 5.82 Å². The fraction of sp³-hybridized carbons (Fsp3) is 0.583. The predicted octanol–water partition coefficient (Wildman–Crippen LogP) is 1.17. The lowest BCUT2D eigenvalue weighted by molar-refractivity contribution is -0.146. The average molecular weight is 235 g/mol. The zero-order valence-electron chi connectivity index (χ0n) is 10.2. The Bertz CT molecular complexity index is 400. The van der Waals surface area contributed by atoms with Gasteiger partial charge in [-0.1, -0.05) is 0 Å². The number of carbonyl (C=O) groups excluding carboxylic acids is 1. The zero-order chi connectivity index (χ0) is 12.3. The van der Waals surface area contributed by atoms with Crippen molar-refractivity contribution in [2.24, 2.45) is 5.92 Å². The summed E-state index contributed by atoms with van der Waals surface area (Å²) in [5.74, 6) is 1.67. The van der Waals surface area contributed by atoms with Gasteiger partial charge in [0.2, 0.25) is 0 Å². The maximum atomic E-state index is 11.4. The molecule has 0 unspecified atom stereocenters. The van der Waals surface area contributed by atoms with Crippen LogP contribution < -0.4 is 4.90 Å². The van der Waals surface area contributed by atoms with Gasteiger partial charge in [-0.15, -0.1) is 0 Å². The summed E-state index contributed by atoms with van der Waals surface area (Å²) in [5, 5.41) is 0. The maximum Gasteiger partial charge on any atom is 0.308 e. The molecule has 1 aliphatic heterocycles. The quantitative estimate of drug-likeness (QED) is 0.720. The molecule has 92 valence electrons. The topological polar surface area (TPSA) is 55.3 Å². The number of rotatable bonds is 2. The summed E-state index contributed by atoms with van der Waals surface area (Å²) in [6.45, 7) is 3.57. The first-order chi connectivity index (χ1) is 8.20. The van der Waals surface area contributed by atoms with E-state index in [0.717, 1.165) is 37.6 Å². The number of hydrogen-bond acceptors (Lipinski definition) is 5. The SMILES string of the molecule is COC(=O)C1CCN(c2ccnc(C)n2)CC1. The first-order valence-electron chi connectivity index (χ1n) is 5.83. The molecule has 5 heteroatoms. The fourth-order valence-corrected chi connectivity index (χ4v) is 2.13. The Morgan fingerprint density at radius 3 is 2.76 bits per heavy atom. The van der Waals surface area contributed by atoms with Gasteiger partial charge in [0.15, 0.2) is 0 Å². The second-order valence-corrected chi connectivity index (χ2v) is 4.25. The van der Waals surface area contributed by atoms with E-state index < -0.39 is 0 Å². The molecule has 1 aromatic heterocycles. The Balaban J connectivity index is 1.97. The van der Waals surface area contributed by atoms with Crippen molar-refractivity contribution in [3.63, 3.8) is 0 Å². The zero-order valence-corrected chi connectivity index (χ0v) is 10.2. The molecule has 0 aromatic carbocycles. The van der Waals surface area contributed by atoms with Gasteiger partial charge in [0, 0.05) is 19.3 Å². The Morgan fingerprint density at radius 1 is 1.47 bits per heavy atom. The largest absolute Gasteiger partial charge is 0.469 e. The molecule has 1 fully saturated rings. The minimum absolute atomic E-state index is 0.0409. The molecule has 2 rings (SSSR count). The normalized spacial score (nSPS) is 16.9. The molecule has 1 aliphatic rings. The molecule has 0 saturated carbocycles. The molecule has 0 N–H and O–H groups in total. The van der Waals surface area contributed by atoms with Crippen molar-refractivity contribution in [2.45, 2.75) is 19.8 Å². The van der Waals surface area contributed by atoms with Crippen LogP contribution in [0.25, 0.3) is 0 Å². The fourth-order valence-electron chi connectivity index (χ4n) is 2.13. The van der Waals surface area contributed by atoms with Crippen molar-refractivity contribution in [1.82, 2.24) is 9.97 Å². The van der Waals surface area contributed by atoms with Gasteiger partial charge in [0.1, 0.15) is 11.6 Å². The molecule has 1 aromatic rings. The van der Waals surface area contributed by atoms with Crippen LogP contribution in [0.5, 0.6) is 0 Å². The molecular formula is C12H17N3O2. The number of esters is 1. The van der Waals surface area contributed by atoms with Crippen LogP contribution in [-0.4, -0.2) is 36.1 Å². The van der Waals surface area contributed by atoms with Crippen molar-refractivity contribution >= 4 is 11.8 Å². The summed E-state index contributed by atoms with van der Waals surface area (Å²) >= 11 is 0. The van der Waals surface area contributed by atoms with Crippen LogP contribution in [0, 0.1) is 12.8 Å². The summed E-state index contributed by atoms with van der Waals surface area (Å²) in [5.41, 5.74) is 0. The Kier molecular flexibility index (Phi) is 3.56. The number of hydrogen-bond donors (Lipinski definition) is 0. The molecule has 0 radical (unpaired) electrons. The molecule has 0 atom stereocenters. The van der Waals surface area contributed by atoms with Gasteiger partial charge in [0.05, 0.1) is 13.0 Å². The van der Waals surface area contributed by atoms with E-state index in [4.69, 9.17) is 4.74 Å². The summed E-state index contributed by atoms with van der Waals surface area (Å²) in [7, 11) is 1.45. The molecular weight excluding hydrogens is 218 g/mol. The lowest BCUT2D eigenvalue weighted by Crippen LogP contribution is -2.37. The number of aromatic nitrogens is 2. The van der Waals surface area contributed by atoms with Gasteiger partial charge in [-0.3, -0.25) is 4.79 Å². The number of methoxy groups -OCH3 is 1. The first kappa shape index (κ1) is 11.8. The van der Waals surface area contributed by atoms with Gasteiger partial charge < -0.3 is 9.64 Å². The van der Waals surface area contributed by atoms with Gasteiger partial charge in [-0.2, -0.15) is 0 Å². The van der Waals surface area contributed by atoms with Crippen LogP contribution in [0.1, 0.15) is 18.7 Å². The Hall–Kier alpha value is -1.65. The predicted molar refractivity (Wildman–Crippen MR) is 63.7 cm³/mol. The van der Waals surface area contributed by atoms with Crippen molar-refractivity contribution in [3.05, 3.63) is 18.1 Å². The minimum atomic E-state index is -0.0940. The van der Waals surface area contributed by atoms with E-state index >= 15 is 0 Å². The standard InChI is InChI=1S/C12H17N3O2/c1-9-13-6-3-11(14-9)15-7-4-10(5-8-15)12(16)17-2/h3,6,10H,4-5,7-8H2,1-2H3. The number of piperidine rings is 1. The molecule has 5 nitrogen and oxygen atoms in total. The molecule has 1 saturated heterocycles. The summed E-state index contributed by atoms with van der Waals surface area (Å²) in [6, 6.07) is 1.91. The molecule has 0 bridgehead atoms. The second kappa shape index (κ2) is 5.12. The molecule has 17 heavy (non-hydrogen) atoms. The van der Waals surface area contributed by atoms with E-state index in [1.807, 2.05) is 13.0 Å². The van der Waals surface area contributed by atoms with E-state index in [1.165, 1.54) is 7.11 Å². The molecule has 2 heterocycles. The third-order valence-corrected chi connectivity index (χ3v) is 3.11. The van der Waals surface area contributed by atoms with Crippen molar-refractivity contribution < 1.29 is 9.53 Å². The van der Waals surface area contributed by atoms with Crippen LogP contribution in [0.2, 0.25) is 0 Å². The van der Waals surface area contributed by atoms with E-state index in [9.17, 15) is 4.79 Å². The Morgan fingerprint density at radius 2 is 2.18 bits per heavy atom. The van der Waals surface area contributed by atoms with Crippen molar-refractivity contribution in [3.8, 4) is 0 Å². The van der Waals surface area contributed by atoms with Crippen LogP contribution in [0.3, 0.4) is 0 Å². The number of ether oxygens (including phenoxy) is 1. The summed E-state index contributed by atoms with van der Waals surface area (Å²) in [6.07, 6.45) is 3.43. The molecule has 0 amide bonds. The van der Waals surface area contributed by atoms with E-state index in [1.54, 1.807) is 6.20 Å². The lowest BCUT2D eigenvalue weighted by Gasteiger charge is -2.31. The smallest absolute Gasteiger partial charge is 0.308 e. The van der Waals surface area contributed by atoms with E-state index in [0.29, 0.717) is 0 Å². The van der Waals surface area contributed by atoms with Crippen molar-refractivity contribution in [2.75, 3.05) is 25.1 Å². The maximum absolute atomic E-state index is 11.4. The van der Waals surface area contributed by atoms with Crippen LogP contribution in [-0.2, 0) is 9.53 Å². The molecule has 0 spiro atoms. The third-order valence-electron chi connectivity index (χ3n) is 3.11. The number of carbonyl (C=O) groups is 1. The highest BCUT2D eigenvalue weighted by molar-refractivity contribution is 5.72. The summed E-state index contributed by atoms with van der Waals surface area (Å²) < 4.78 is 4.77. The Labute approximate surface area is 101 Å². The van der Waals surface area contributed by atoms with Gasteiger partial charge in [-0.25, -0.2) is 9.97 Å². The number of nitrogens with zero attached hydrogens (tertiary/aromatic N) is 3. The highest BCUT2D eigenvalue weighted by Crippen LogP contribution is 2.22. The highest BCUT2D eigenvalue weighted by Gasteiger charge is 2.26. The van der Waals surface area contributed by atoms with Crippen LogP contribution >= 0.6 is 0 Å². The molecule has 0 aliphatic carbocycles. The third kappa shape index (κ3) is 2.72. The van der Waals surface area contributed by atoms with E-state index in [2.05, 4.69) is 14.9 Å². The van der Waals surface area contributed by atoms with Crippen LogP contribution in [0.15, 0.2) is 12.3 Å². The van der Waals surface area contributed by atoms with Crippen molar-refractivity contribution in [1.29, 1.82) is 0 Å². The van der Waals surface area contributed by atoms with Gasteiger partial charge >= 0.3 is 5.97 Å². The van der Waals surface area contributed by atoms with Gasteiger partial charge in [-0.05, 0) is 25.8 Å². The lowest BCUT2D eigenvalue weighted by atomic mass is 9.97. The highest BCUT2D eigenvalue weighted by atomic mass is 16.5. The number of anilines is 1. The summed E-state index contributed by atoms with van der Waals surface area (Å²) in [4.78, 5) is 22.1. The minimum Gasteiger partial charge on any atom is -0.469 e.